The fourth-order valence-corrected chi connectivity index (χ4v) is 5.48. The maximum absolute atomic E-state index is 12.4. The molecule has 0 spiro atoms. The average Bonchev–Trinajstić information content (AvgIpc) is 2.78. The third kappa shape index (κ3) is 5.10. The van der Waals surface area contributed by atoms with Crippen LogP contribution >= 0.6 is 15.9 Å². The minimum absolute atomic E-state index is 0.0994. The standard InChI is InChI=1S/C25H35BrN6O/c1-15-13-19(14-16(2)22(15)26)32(24(27)33)18-11-9-17(10-12-18)28-25-29-21-8-6-5-7-20(21)23(30-25)31(3)4/h13-14,17-18H,5-12H2,1-4H3,(H2,27,33)(H,28,29,30). The number of aromatic nitrogens is 2. The third-order valence-corrected chi connectivity index (χ3v) is 8.17. The van der Waals surface area contributed by atoms with Crippen molar-refractivity contribution in [2.45, 2.75) is 77.3 Å². The average molecular weight is 516 g/mol. The van der Waals surface area contributed by atoms with Crippen LogP contribution in [0.4, 0.5) is 22.2 Å². The van der Waals surface area contributed by atoms with Gasteiger partial charge < -0.3 is 16.0 Å². The highest BCUT2D eigenvalue weighted by Crippen LogP contribution is 2.33. The Hall–Kier alpha value is -2.35. The second-order valence-corrected chi connectivity index (χ2v) is 10.4. The molecule has 0 bridgehead atoms. The van der Waals surface area contributed by atoms with Gasteiger partial charge in [0.05, 0.1) is 5.69 Å². The van der Waals surface area contributed by atoms with Gasteiger partial charge in [0, 0.05) is 41.9 Å². The second-order valence-electron chi connectivity index (χ2n) is 9.65. The Morgan fingerprint density at radius 3 is 2.30 bits per heavy atom. The Labute approximate surface area is 205 Å². The fourth-order valence-electron chi connectivity index (χ4n) is 5.25. The van der Waals surface area contributed by atoms with Crippen molar-refractivity contribution in [1.29, 1.82) is 0 Å². The Kier molecular flexibility index (Phi) is 7.12. The summed E-state index contributed by atoms with van der Waals surface area (Å²) in [6.45, 7) is 4.09. The highest BCUT2D eigenvalue weighted by Gasteiger charge is 2.30. The number of amides is 2. The van der Waals surface area contributed by atoms with E-state index in [0.717, 1.165) is 71.6 Å². The molecule has 0 saturated heterocycles. The highest BCUT2D eigenvalue weighted by atomic mass is 79.9. The molecule has 8 heteroatoms. The summed E-state index contributed by atoms with van der Waals surface area (Å²) >= 11 is 3.61. The number of hydrogen-bond acceptors (Lipinski definition) is 5. The number of urea groups is 1. The minimum atomic E-state index is -0.388. The van der Waals surface area contributed by atoms with Gasteiger partial charge in [-0.05, 0) is 88.5 Å². The smallest absolute Gasteiger partial charge is 0.319 e. The first-order valence-corrected chi connectivity index (χ1v) is 12.7. The number of rotatable bonds is 5. The maximum Gasteiger partial charge on any atom is 0.319 e. The summed E-state index contributed by atoms with van der Waals surface area (Å²) in [5.41, 5.74) is 11.4. The Morgan fingerprint density at radius 1 is 1.06 bits per heavy atom. The SMILES string of the molecule is Cc1cc(N(C(N)=O)C2CCC(Nc3nc4c(c(N(C)C)n3)CCCC4)CC2)cc(C)c1Br. The largest absolute Gasteiger partial charge is 0.362 e. The van der Waals surface area contributed by atoms with Gasteiger partial charge in [0.1, 0.15) is 5.82 Å². The van der Waals surface area contributed by atoms with E-state index in [4.69, 9.17) is 15.7 Å². The van der Waals surface area contributed by atoms with Crippen LogP contribution in [0.15, 0.2) is 16.6 Å². The number of aryl methyl sites for hydroxylation is 3. The summed E-state index contributed by atoms with van der Waals surface area (Å²) in [5.74, 6) is 1.77. The lowest BCUT2D eigenvalue weighted by Crippen LogP contribution is -2.47. The summed E-state index contributed by atoms with van der Waals surface area (Å²) in [7, 11) is 4.10. The van der Waals surface area contributed by atoms with Crippen LogP contribution in [0.2, 0.25) is 0 Å². The lowest BCUT2D eigenvalue weighted by atomic mass is 9.89. The Balaban J connectivity index is 1.46. The molecule has 1 fully saturated rings. The molecule has 2 aromatic rings. The van der Waals surface area contributed by atoms with E-state index < -0.39 is 0 Å². The van der Waals surface area contributed by atoms with Gasteiger partial charge in [0.15, 0.2) is 0 Å². The van der Waals surface area contributed by atoms with Crippen molar-refractivity contribution in [3.8, 4) is 0 Å². The van der Waals surface area contributed by atoms with Crippen LogP contribution in [-0.4, -0.2) is 42.2 Å². The summed E-state index contributed by atoms with van der Waals surface area (Å²) in [6.07, 6.45) is 8.16. The van der Waals surface area contributed by atoms with Crippen molar-refractivity contribution in [2.75, 3.05) is 29.2 Å². The Bertz CT molecular complexity index is 1010. The number of fused-ring (bicyclic) bond motifs is 1. The molecule has 2 aliphatic rings. The Morgan fingerprint density at radius 2 is 1.70 bits per heavy atom. The van der Waals surface area contributed by atoms with E-state index in [9.17, 15) is 4.79 Å². The normalized spacial score (nSPS) is 20.2. The van der Waals surface area contributed by atoms with Crippen molar-refractivity contribution in [3.63, 3.8) is 0 Å². The van der Waals surface area contributed by atoms with Gasteiger partial charge in [-0.3, -0.25) is 4.90 Å². The number of anilines is 3. The first-order chi connectivity index (χ1) is 15.7. The first-order valence-electron chi connectivity index (χ1n) is 11.9. The van der Waals surface area contributed by atoms with Gasteiger partial charge in [-0.1, -0.05) is 15.9 Å². The molecule has 2 aliphatic carbocycles. The second kappa shape index (κ2) is 9.87. The van der Waals surface area contributed by atoms with Gasteiger partial charge in [0.2, 0.25) is 5.95 Å². The number of halogens is 1. The molecule has 0 aliphatic heterocycles. The summed E-state index contributed by atoms with van der Waals surface area (Å²) in [5, 5.41) is 3.59. The third-order valence-electron chi connectivity index (χ3n) is 6.92. The van der Waals surface area contributed by atoms with E-state index >= 15 is 0 Å². The molecule has 0 unspecified atom stereocenters. The topological polar surface area (TPSA) is 87.4 Å². The van der Waals surface area contributed by atoms with Crippen LogP contribution in [0.3, 0.4) is 0 Å². The van der Waals surface area contributed by atoms with Crippen LogP contribution in [-0.2, 0) is 12.8 Å². The summed E-state index contributed by atoms with van der Waals surface area (Å²) in [6, 6.07) is 4.08. The molecule has 2 amide bonds. The fraction of sp³-hybridized carbons (Fsp3) is 0.560. The zero-order valence-electron chi connectivity index (χ0n) is 20.1. The van der Waals surface area contributed by atoms with Gasteiger partial charge >= 0.3 is 6.03 Å². The highest BCUT2D eigenvalue weighted by molar-refractivity contribution is 9.10. The number of carbonyl (C=O) groups is 1. The number of nitrogens with zero attached hydrogens (tertiary/aromatic N) is 4. The molecule has 4 rings (SSSR count). The van der Waals surface area contributed by atoms with Gasteiger partial charge in [-0.2, -0.15) is 4.98 Å². The van der Waals surface area contributed by atoms with E-state index in [1.165, 1.54) is 24.1 Å². The number of nitrogens with two attached hydrogens (primary N) is 1. The quantitative estimate of drug-likeness (QED) is 0.578. The lowest BCUT2D eigenvalue weighted by Gasteiger charge is -2.36. The molecule has 1 aromatic carbocycles. The predicted molar refractivity (Wildman–Crippen MR) is 138 cm³/mol. The molecule has 0 atom stereocenters. The van der Waals surface area contributed by atoms with Crippen molar-refractivity contribution < 1.29 is 4.79 Å². The predicted octanol–water partition coefficient (Wildman–Crippen LogP) is 5.11. The molecule has 1 aromatic heterocycles. The molecule has 3 N–H and O–H groups in total. The monoisotopic (exact) mass is 514 g/mol. The van der Waals surface area contributed by atoms with E-state index in [1.807, 2.05) is 26.0 Å². The molecular weight excluding hydrogens is 480 g/mol. The van der Waals surface area contributed by atoms with Gasteiger partial charge in [-0.25, -0.2) is 9.78 Å². The van der Waals surface area contributed by atoms with E-state index in [2.05, 4.69) is 40.2 Å². The van der Waals surface area contributed by atoms with E-state index in [-0.39, 0.29) is 12.1 Å². The van der Waals surface area contributed by atoms with Crippen LogP contribution in [0.1, 0.15) is 60.9 Å². The van der Waals surface area contributed by atoms with E-state index in [1.54, 1.807) is 4.90 Å². The van der Waals surface area contributed by atoms with Crippen molar-refractivity contribution in [2.24, 2.45) is 5.73 Å². The number of nitrogens with one attached hydrogen (secondary N) is 1. The van der Waals surface area contributed by atoms with Crippen LogP contribution in [0.25, 0.3) is 0 Å². The molecular formula is C25H35BrN6O. The molecule has 33 heavy (non-hydrogen) atoms. The lowest BCUT2D eigenvalue weighted by molar-refractivity contribution is 0.248. The van der Waals surface area contributed by atoms with Crippen molar-refractivity contribution in [1.82, 2.24) is 9.97 Å². The minimum Gasteiger partial charge on any atom is -0.362 e. The summed E-state index contributed by atoms with van der Waals surface area (Å²) in [4.78, 5) is 26.0. The maximum atomic E-state index is 12.4. The molecule has 1 heterocycles. The van der Waals surface area contributed by atoms with E-state index in [0.29, 0.717) is 6.04 Å². The molecule has 178 valence electrons. The van der Waals surface area contributed by atoms with Gasteiger partial charge in [0.25, 0.3) is 0 Å². The first kappa shape index (κ1) is 23.8. The van der Waals surface area contributed by atoms with Crippen LogP contribution in [0.5, 0.6) is 0 Å². The summed E-state index contributed by atoms with van der Waals surface area (Å²) < 4.78 is 1.07. The van der Waals surface area contributed by atoms with Crippen molar-refractivity contribution >= 4 is 39.4 Å². The molecule has 7 nitrogen and oxygen atoms in total. The van der Waals surface area contributed by atoms with Crippen LogP contribution in [0, 0.1) is 13.8 Å². The van der Waals surface area contributed by atoms with Crippen molar-refractivity contribution in [3.05, 3.63) is 39.0 Å². The van der Waals surface area contributed by atoms with Gasteiger partial charge in [-0.15, -0.1) is 0 Å². The zero-order valence-corrected chi connectivity index (χ0v) is 21.7. The number of benzene rings is 1. The number of primary amides is 1. The van der Waals surface area contributed by atoms with Crippen LogP contribution < -0.4 is 20.9 Å². The molecule has 1 saturated carbocycles. The zero-order chi connectivity index (χ0) is 23.7. The number of carbonyl (C=O) groups excluding carboxylic acids is 1. The molecule has 0 radical (unpaired) electrons. The number of hydrogen-bond donors (Lipinski definition) is 2.